The molecule has 1 aromatic heterocycles. The van der Waals surface area contributed by atoms with E-state index in [0.717, 1.165) is 16.6 Å². The Balaban J connectivity index is 2.06. The van der Waals surface area contributed by atoms with Crippen LogP contribution in [0.25, 0.3) is 11.1 Å². The molecule has 1 fully saturated rings. The second-order valence-corrected chi connectivity index (χ2v) is 9.22. The number of aromatic nitrogens is 2. The first-order valence-corrected chi connectivity index (χ1v) is 12.3. The first kappa shape index (κ1) is 19.9. The summed E-state index contributed by atoms with van der Waals surface area (Å²) >= 11 is 2.30. The summed E-state index contributed by atoms with van der Waals surface area (Å²) in [6, 6.07) is 3.95. The molecule has 0 amide bonds. The number of hydrogen-bond donors (Lipinski definition) is 0. The highest BCUT2D eigenvalue weighted by molar-refractivity contribution is 14.2. The van der Waals surface area contributed by atoms with Gasteiger partial charge in [-0.3, -0.25) is 0 Å². The van der Waals surface area contributed by atoms with Gasteiger partial charge in [-0.05, 0) is 67.4 Å². The Bertz CT molecular complexity index is 771. The van der Waals surface area contributed by atoms with Crippen LogP contribution in [0.3, 0.4) is 0 Å². The fraction of sp³-hybridized carbons (Fsp3) is 0.471. The van der Waals surface area contributed by atoms with E-state index in [2.05, 4.69) is 27.1 Å². The van der Waals surface area contributed by atoms with Crippen LogP contribution < -0.4 is 14.9 Å². The van der Waals surface area contributed by atoms with Gasteiger partial charge in [0.25, 0.3) is 0 Å². The summed E-state index contributed by atoms with van der Waals surface area (Å²) in [7, 11) is 2.73. The third-order valence-electron chi connectivity index (χ3n) is 5.04. The van der Waals surface area contributed by atoms with Crippen molar-refractivity contribution < 1.29 is 18.8 Å². The minimum absolute atomic E-state index is 0.436. The summed E-state index contributed by atoms with van der Waals surface area (Å²) in [6.45, 7) is 8.11. The van der Waals surface area contributed by atoms with Crippen LogP contribution in [0.4, 0.5) is 0 Å². The number of benzene rings is 1. The molecule has 1 saturated heterocycles. The third kappa shape index (κ3) is 3.49. The number of rotatable bonds is 5. The van der Waals surface area contributed by atoms with Crippen LogP contribution in [0.2, 0.25) is 0 Å². The number of nitrogens with zero attached hydrogens (tertiary/aromatic N) is 2. The highest BCUT2D eigenvalue weighted by Crippen LogP contribution is 2.39. The Morgan fingerprint density at radius 2 is 1.58 bits per heavy atom. The SMILES string of the molecule is COc1cc(-c2cnn(PI)c2)cc(OC)c1B1OC(C)(C)C(C)(C)O1. The lowest BCUT2D eigenvalue weighted by Gasteiger charge is -2.32. The normalized spacial score (nSPS) is 18.7. The molecule has 3 rings (SSSR count). The van der Waals surface area contributed by atoms with Crippen LogP contribution in [-0.2, 0) is 9.31 Å². The number of methoxy groups -OCH3 is 2. The first-order valence-electron chi connectivity index (χ1n) is 8.25. The van der Waals surface area contributed by atoms with Crippen molar-refractivity contribution in [3.63, 3.8) is 0 Å². The summed E-state index contributed by atoms with van der Waals surface area (Å²) in [4.78, 5) is 0. The zero-order valence-corrected chi connectivity index (χ0v) is 18.9. The van der Waals surface area contributed by atoms with Gasteiger partial charge in [-0.1, -0.05) is 0 Å². The van der Waals surface area contributed by atoms with Crippen molar-refractivity contribution in [3.05, 3.63) is 24.5 Å². The Labute approximate surface area is 169 Å². The lowest BCUT2D eigenvalue weighted by atomic mass is 9.76. The molecule has 1 aromatic carbocycles. The summed E-state index contributed by atoms with van der Waals surface area (Å²) < 4.78 is 25.6. The predicted octanol–water partition coefficient (Wildman–Crippen LogP) is 3.66. The van der Waals surface area contributed by atoms with E-state index in [0.29, 0.717) is 17.9 Å². The molecule has 140 valence electrons. The predicted molar refractivity (Wildman–Crippen MR) is 114 cm³/mol. The maximum atomic E-state index is 6.20. The quantitative estimate of drug-likeness (QED) is 0.366. The largest absolute Gasteiger partial charge is 0.502 e. The minimum atomic E-state index is -0.558. The highest BCUT2D eigenvalue weighted by Gasteiger charge is 2.53. The molecule has 1 unspecified atom stereocenters. The van der Waals surface area contributed by atoms with Crippen molar-refractivity contribution in [1.29, 1.82) is 0 Å². The molecule has 0 spiro atoms. The van der Waals surface area contributed by atoms with Gasteiger partial charge in [-0.25, -0.2) is 4.45 Å². The smallest absolute Gasteiger partial charge is 0.497 e. The molecule has 2 heterocycles. The van der Waals surface area contributed by atoms with E-state index in [1.54, 1.807) is 14.2 Å². The maximum absolute atomic E-state index is 6.20. The van der Waals surface area contributed by atoms with Crippen molar-refractivity contribution in [2.45, 2.75) is 38.9 Å². The topological polar surface area (TPSA) is 54.7 Å². The second kappa shape index (κ2) is 7.30. The summed E-state index contributed by atoms with van der Waals surface area (Å²) in [5, 5.41) is 4.35. The monoisotopic (exact) mass is 488 g/mol. The number of halogens is 1. The van der Waals surface area contributed by atoms with E-state index in [1.165, 1.54) is 0 Å². The van der Waals surface area contributed by atoms with E-state index in [1.807, 2.05) is 56.7 Å². The lowest BCUT2D eigenvalue weighted by Crippen LogP contribution is -2.41. The van der Waals surface area contributed by atoms with Crippen molar-refractivity contribution in [1.82, 2.24) is 9.55 Å². The van der Waals surface area contributed by atoms with E-state index >= 15 is 0 Å². The molecule has 26 heavy (non-hydrogen) atoms. The minimum Gasteiger partial charge on any atom is -0.497 e. The van der Waals surface area contributed by atoms with Crippen LogP contribution in [0, 0.1) is 0 Å². The maximum Gasteiger partial charge on any atom is 0.502 e. The van der Waals surface area contributed by atoms with Gasteiger partial charge in [0.1, 0.15) is 11.5 Å². The van der Waals surface area contributed by atoms with E-state index in [4.69, 9.17) is 18.8 Å². The molecule has 0 radical (unpaired) electrons. The molecule has 1 atom stereocenters. The molecule has 6 nitrogen and oxygen atoms in total. The van der Waals surface area contributed by atoms with Gasteiger partial charge < -0.3 is 18.8 Å². The van der Waals surface area contributed by atoms with Gasteiger partial charge >= 0.3 is 7.12 Å². The molecule has 1 aliphatic heterocycles. The first-order chi connectivity index (χ1) is 12.2. The average molecular weight is 488 g/mol. The van der Waals surface area contributed by atoms with Gasteiger partial charge in [0.05, 0.1) is 43.5 Å². The molecule has 0 N–H and O–H groups in total. The van der Waals surface area contributed by atoms with Gasteiger partial charge in [-0.2, -0.15) is 5.10 Å². The Hall–Kier alpha value is -0.825. The Morgan fingerprint density at radius 3 is 2.00 bits per heavy atom. The Kier molecular flexibility index (Phi) is 5.59. The van der Waals surface area contributed by atoms with Gasteiger partial charge in [0, 0.05) is 11.8 Å². The fourth-order valence-corrected chi connectivity index (χ4v) is 3.90. The van der Waals surface area contributed by atoms with E-state index in [-0.39, 0.29) is 0 Å². The molecule has 2 aromatic rings. The molecule has 0 bridgehead atoms. The standard InChI is InChI=1S/C17H23BIN2O4P/c1-16(2)17(3,4)25-18(24-16)15-13(22-5)7-11(8-14(15)23-6)12-9-20-21(10-12)26-19/h7-10,26H,1-6H3. The molecule has 0 aliphatic carbocycles. The van der Waals surface area contributed by atoms with Crippen molar-refractivity contribution in [3.8, 4) is 22.6 Å². The van der Waals surface area contributed by atoms with E-state index in [9.17, 15) is 0 Å². The number of hydrogen-bond acceptors (Lipinski definition) is 5. The van der Waals surface area contributed by atoms with Crippen LogP contribution >= 0.6 is 28.4 Å². The summed E-state index contributed by atoms with van der Waals surface area (Å²) in [5.74, 6) is 1.34. The molecule has 1 aliphatic rings. The fourth-order valence-electron chi connectivity index (χ4n) is 2.82. The van der Waals surface area contributed by atoms with E-state index < -0.39 is 18.3 Å². The zero-order chi connectivity index (χ0) is 19.1. The second-order valence-electron chi connectivity index (χ2n) is 7.14. The van der Waals surface area contributed by atoms with Crippen LogP contribution in [0.15, 0.2) is 24.5 Å². The molecule has 0 saturated carbocycles. The molecular weight excluding hydrogens is 465 g/mol. The summed E-state index contributed by atoms with van der Waals surface area (Å²) in [5.41, 5.74) is 1.87. The third-order valence-corrected chi connectivity index (χ3v) is 6.94. The molecular formula is C17H23BIN2O4P. The number of ether oxygens (including phenoxy) is 2. The molecule has 9 heteroatoms. The van der Waals surface area contributed by atoms with Crippen molar-refractivity contribution in [2.75, 3.05) is 14.2 Å². The van der Waals surface area contributed by atoms with Gasteiger partial charge in [-0.15, -0.1) is 0 Å². The Morgan fingerprint density at radius 1 is 1.04 bits per heavy atom. The lowest BCUT2D eigenvalue weighted by molar-refractivity contribution is 0.00578. The van der Waals surface area contributed by atoms with Crippen LogP contribution in [-0.4, -0.2) is 42.1 Å². The van der Waals surface area contributed by atoms with Crippen LogP contribution in [0.5, 0.6) is 11.5 Å². The highest BCUT2D eigenvalue weighted by atomic mass is 127. The van der Waals surface area contributed by atoms with Gasteiger partial charge in [0.2, 0.25) is 0 Å². The van der Waals surface area contributed by atoms with Gasteiger partial charge in [0.15, 0.2) is 0 Å². The van der Waals surface area contributed by atoms with Crippen molar-refractivity contribution >= 4 is 41.0 Å². The van der Waals surface area contributed by atoms with Crippen LogP contribution in [0.1, 0.15) is 27.7 Å². The van der Waals surface area contributed by atoms with Crippen molar-refractivity contribution in [2.24, 2.45) is 0 Å². The zero-order valence-electron chi connectivity index (χ0n) is 15.8. The summed E-state index contributed by atoms with van der Waals surface area (Å²) in [6.07, 6.45) is 4.40. The average Bonchev–Trinajstić information content (AvgIpc) is 3.15.